The first-order valence-electron chi connectivity index (χ1n) is 10.4. The summed E-state index contributed by atoms with van der Waals surface area (Å²) in [4.78, 5) is 26.2. The number of hydrogen-bond donors (Lipinski definition) is 2. The molecule has 1 saturated heterocycles. The first kappa shape index (κ1) is 23.9. The van der Waals surface area contributed by atoms with E-state index in [2.05, 4.69) is 14.9 Å². The summed E-state index contributed by atoms with van der Waals surface area (Å²) in [5.74, 6) is 1.67. The number of imidazole rings is 1. The van der Waals surface area contributed by atoms with Crippen molar-refractivity contribution in [1.82, 2.24) is 19.9 Å². The lowest BCUT2D eigenvalue weighted by atomic mass is 9.80. The lowest BCUT2D eigenvalue weighted by Gasteiger charge is -2.40. The molecule has 0 radical (unpaired) electrons. The highest BCUT2D eigenvalue weighted by atomic mass is 35.5. The first-order valence-corrected chi connectivity index (χ1v) is 10.4. The minimum atomic E-state index is -0.681. The SMILES string of the molecule is Cl.Cl.O=C(O)C[C@@H]1CCN(CC2CCCCC2)C[C@@H]1Cc1nc2ccncc2[nH]1. The second-order valence-electron chi connectivity index (χ2n) is 8.45. The molecule has 2 atom stereocenters. The number of carboxylic acids is 1. The fourth-order valence-corrected chi connectivity index (χ4v) is 5.04. The maximum atomic E-state index is 11.4. The smallest absolute Gasteiger partial charge is 0.303 e. The van der Waals surface area contributed by atoms with Crippen LogP contribution in [-0.4, -0.2) is 50.6 Å². The molecule has 3 heterocycles. The molecule has 162 valence electrons. The number of rotatable bonds is 6. The number of aliphatic carboxylic acids is 1. The average Bonchev–Trinajstić information content (AvgIpc) is 3.07. The summed E-state index contributed by atoms with van der Waals surface area (Å²) in [5.41, 5.74) is 1.89. The molecular formula is C21H32Cl2N4O2. The minimum Gasteiger partial charge on any atom is -0.481 e. The largest absolute Gasteiger partial charge is 0.481 e. The van der Waals surface area contributed by atoms with E-state index in [9.17, 15) is 9.90 Å². The van der Waals surface area contributed by atoms with Crippen LogP contribution in [0, 0.1) is 17.8 Å². The molecule has 2 aliphatic rings. The second-order valence-corrected chi connectivity index (χ2v) is 8.45. The molecule has 0 amide bonds. The number of pyridine rings is 1. The molecule has 0 aromatic carbocycles. The Kier molecular flexibility index (Phi) is 9.18. The van der Waals surface area contributed by atoms with Gasteiger partial charge in [-0.1, -0.05) is 19.3 Å². The molecule has 29 heavy (non-hydrogen) atoms. The third kappa shape index (κ3) is 6.30. The van der Waals surface area contributed by atoms with E-state index >= 15 is 0 Å². The van der Waals surface area contributed by atoms with E-state index in [0.717, 1.165) is 48.7 Å². The van der Waals surface area contributed by atoms with Crippen LogP contribution >= 0.6 is 24.8 Å². The average molecular weight is 443 g/mol. The number of H-pyrrole nitrogens is 1. The van der Waals surface area contributed by atoms with Crippen LogP contribution in [0.5, 0.6) is 0 Å². The zero-order valence-electron chi connectivity index (χ0n) is 16.8. The number of halogens is 2. The van der Waals surface area contributed by atoms with Gasteiger partial charge in [0.15, 0.2) is 0 Å². The summed E-state index contributed by atoms with van der Waals surface area (Å²) in [6.07, 6.45) is 12.5. The molecule has 8 heteroatoms. The lowest BCUT2D eigenvalue weighted by Crippen LogP contribution is -2.44. The highest BCUT2D eigenvalue weighted by Crippen LogP contribution is 2.32. The summed E-state index contributed by atoms with van der Waals surface area (Å²) in [6.45, 7) is 3.21. The topological polar surface area (TPSA) is 82.1 Å². The lowest BCUT2D eigenvalue weighted by molar-refractivity contribution is -0.139. The normalized spacial score (nSPS) is 23.3. The monoisotopic (exact) mass is 442 g/mol. The second kappa shape index (κ2) is 11.1. The Labute approximate surface area is 184 Å². The molecule has 2 N–H and O–H groups in total. The molecule has 0 unspecified atom stereocenters. The third-order valence-electron chi connectivity index (χ3n) is 6.44. The summed E-state index contributed by atoms with van der Waals surface area (Å²) in [7, 11) is 0. The number of likely N-dealkylation sites (tertiary alicyclic amines) is 1. The summed E-state index contributed by atoms with van der Waals surface area (Å²) >= 11 is 0. The fourth-order valence-electron chi connectivity index (χ4n) is 5.04. The number of aromatic nitrogens is 3. The Bertz CT molecular complexity index is 746. The Hall–Kier alpha value is -1.37. The van der Waals surface area contributed by atoms with Crippen LogP contribution in [0.4, 0.5) is 0 Å². The molecular weight excluding hydrogens is 411 g/mol. The number of nitrogens with zero attached hydrogens (tertiary/aromatic N) is 3. The predicted molar refractivity (Wildman–Crippen MR) is 119 cm³/mol. The Balaban J connectivity index is 0.00000150. The van der Waals surface area contributed by atoms with Gasteiger partial charge in [0.05, 0.1) is 17.2 Å². The van der Waals surface area contributed by atoms with Crippen molar-refractivity contribution in [3.63, 3.8) is 0 Å². The predicted octanol–water partition coefficient (Wildman–Crippen LogP) is 4.34. The number of hydrogen-bond acceptors (Lipinski definition) is 4. The van der Waals surface area contributed by atoms with E-state index in [1.165, 1.54) is 38.6 Å². The van der Waals surface area contributed by atoms with Gasteiger partial charge in [0.2, 0.25) is 0 Å². The van der Waals surface area contributed by atoms with Crippen LogP contribution in [0.15, 0.2) is 18.5 Å². The van der Waals surface area contributed by atoms with Crippen LogP contribution in [0.3, 0.4) is 0 Å². The molecule has 1 saturated carbocycles. The summed E-state index contributed by atoms with van der Waals surface area (Å²) < 4.78 is 0. The first-order chi connectivity index (χ1) is 13.2. The van der Waals surface area contributed by atoms with Crippen molar-refractivity contribution in [3.8, 4) is 0 Å². The molecule has 1 aliphatic carbocycles. The van der Waals surface area contributed by atoms with Crippen LogP contribution in [0.1, 0.15) is 50.8 Å². The number of piperidine rings is 1. The van der Waals surface area contributed by atoms with Crippen LogP contribution in [0.25, 0.3) is 11.0 Å². The number of carboxylic acid groups (broad SMARTS) is 1. The van der Waals surface area contributed by atoms with Gasteiger partial charge in [0.1, 0.15) is 5.82 Å². The van der Waals surface area contributed by atoms with Crippen LogP contribution in [0.2, 0.25) is 0 Å². The van der Waals surface area contributed by atoms with Gasteiger partial charge in [-0.25, -0.2) is 4.98 Å². The van der Waals surface area contributed by atoms with E-state index in [1.807, 2.05) is 6.07 Å². The molecule has 0 bridgehead atoms. The van der Waals surface area contributed by atoms with Gasteiger partial charge >= 0.3 is 5.97 Å². The van der Waals surface area contributed by atoms with Crippen molar-refractivity contribution >= 4 is 41.8 Å². The Morgan fingerprint density at radius 2 is 1.97 bits per heavy atom. The molecule has 2 fully saturated rings. The van der Waals surface area contributed by atoms with Gasteiger partial charge in [-0.3, -0.25) is 9.78 Å². The molecule has 4 rings (SSSR count). The van der Waals surface area contributed by atoms with E-state index in [0.29, 0.717) is 5.92 Å². The van der Waals surface area contributed by atoms with Gasteiger partial charge in [0.25, 0.3) is 0 Å². The van der Waals surface area contributed by atoms with Crippen molar-refractivity contribution in [2.45, 2.75) is 51.4 Å². The Morgan fingerprint density at radius 1 is 1.17 bits per heavy atom. The molecule has 2 aromatic rings. The maximum Gasteiger partial charge on any atom is 0.303 e. The molecule has 0 spiro atoms. The quantitative estimate of drug-likeness (QED) is 0.694. The van der Waals surface area contributed by atoms with Crippen LogP contribution < -0.4 is 0 Å². The van der Waals surface area contributed by atoms with Crippen molar-refractivity contribution in [3.05, 3.63) is 24.3 Å². The van der Waals surface area contributed by atoms with Crippen molar-refractivity contribution in [1.29, 1.82) is 0 Å². The maximum absolute atomic E-state index is 11.4. The zero-order chi connectivity index (χ0) is 18.6. The minimum absolute atomic E-state index is 0. The van der Waals surface area contributed by atoms with E-state index < -0.39 is 5.97 Å². The van der Waals surface area contributed by atoms with Crippen molar-refractivity contribution < 1.29 is 9.90 Å². The number of nitrogens with one attached hydrogen (secondary N) is 1. The third-order valence-corrected chi connectivity index (χ3v) is 6.44. The van der Waals surface area contributed by atoms with E-state index in [4.69, 9.17) is 4.98 Å². The number of carbonyl (C=O) groups is 1. The number of fused-ring (bicyclic) bond motifs is 1. The van der Waals surface area contributed by atoms with Gasteiger partial charge in [-0.2, -0.15) is 0 Å². The fraction of sp³-hybridized carbons (Fsp3) is 0.667. The van der Waals surface area contributed by atoms with Crippen molar-refractivity contribution in [2.75, 3.05) is 19.6 Å². The summed E-state index contributed by atoms with van der Waals surface area (Å²) in [6, 6.07) is 1.92. The highest BCUT2D eigenvalue weighted by Gasteiger charge is 2.32. The van der Waals surface area contributed by atoms with Gasteiger partial charge < -0.3 is 15.0 Å². The van der Waals surface area contributed by atoms with Gasteiger partial charge in [0, 0.05) is 32.1 Å². The number of aromatic amines is 1. The van der Waals surface area contributed by atoms with Gasteiger partial charge in [-0.15, -0.1) is 24.8 Å². The molecule has 6 nitrogen and oxygen atoms in total. The van der Waals surface area contributed by atoms with E-state index in [1.54, 1.807) is 12.4 Å². The Morgan fingerprint density at radius 3 is 2.69 bits per heavy atom. The van der Waals surface area contributed by atoms with Gasteiger partial charge in [-0.05, 0) is 49.6 Å². The van der Waals surface area contributed by atoms with E-state index in [-0.39, 0.29) is 37.2 Å². The highest BCUT2D eigenvalue weighted by molar-refractivity contribution is 5.85. The zero-order valence-corrected chi connectivity index (χ0v) is 18.4. The standard InChI is InChI=1S/C21H30N4O2.2ClH/c26-21(27)11-16-7-9-25(13-15-4-2-1-3-5-15)14-17(16)10-20-23-18-6-8-22-12-19(18)24-20;;/h6,8,12,15-17H,1-5,7,9-11,13-14H2,(H,23,24)(H,26,27);2*1H/t16-,17-;;/m0../s1. The van der Waals surface area contributed by atoms with Crippen molar-refractivity contribution in [2.24, 2.45) is 17.8 Å². The summed E-state index contributed by atoms with van der Waals surface area (Å²) in [5, 5.41) is 9.35. The molecule has 2 aromatic heterocycles. The van der Waals surface area contributed by atoms with Crippen LogP contribution in [-0.2, 0) is 11.2 Å². The molecule has 1 aliphatic heterocycles.